The Morgan fingerprint density at radius 3 is 2.47 bits per heavy atom. The molecule has 30 heavy (non-hydrogen) atoms. The molecule has 0 radical (unpaired) electrons. The van der Waals surface area contributed by atoms with Gasteiger partial charge in [0.2, 0.25) is 5.91 Å². The molecule has 4 heteroatoms. The van der Waals surface area contributed by atoms with Crippen LogP contribution in [-0.4, -0.2) is 42.1 Å². The van der Waals surface area contributed by atoms with Crippen LogP contribution < -0.4 is 5.32 Å². The molecule has 4 nitrogen and oxygen atoms in total. The van der Waals surface area contributed by atoms with Gasteiger partial charge in [-0.2, -0.15) is 0 Å². The number of amides is 1. The maximum atomic E-state index is 13.1. The molecule has 1 amide bonds. The van der Waals surface area contributed by atoms with Crippen LogP contribution in [0, 0.1) is 17.8 Å². The van der Waals surface area contributed by atoms with Crippen LogP contribution in [0.3, 0.4) is 0 Å². The van der Waals surface area contributed by atoms with Crippen LogP contribution in [0.4, 0.5) is 0 Å². The van der Waals surface area contributed by atoms with Gasteiger partial charge >= 0.3 is 0 Å². The van der Waals surface area contributed by atoms with Crippen molar-refractivity contribution in [2.24, 2.45) is 17.8 Å². The van der Waals surface area contributed by atoms with Gasteiger partial charge < -0.3 is 15.3 Å². The zero-order valence-electron chi connectivity index (χ0n) is 18.3. The first-order chi connectivity index (χ1) is 14.4. The van der Waals surface area contributed by atoms with Crippen LogP contribution in [0.15, 0.2) is 54.6 Å². The number of hydrogen-bond acceptors (Lipinski definition) is 3. The summed E-state index contributed by atoms with van der Waals surface area (Å²) < 4.78 is 0. The van der Waals surface area contributed by atoms with E-state index in [0.29, 0.717) is 12.5 Å². The first-order valence-electron chi connectivity index (χ1n) is 11.2. The molecule has 2 aliphatic rings. The highest BCUT2D eigenvalue weighted by Gasteiger charge is 2.62. The van der Waals surface area contributed by atoms with E-state index in [0.717, 1.165) is 18.9 Å². The van der Waals surface area contributed by atoms with Gasteiger partial charge in [0.1, 0.15) is 5.75 Å². The molecule has 0 aromatic heterocycles. The molecule has 2 N–H and O–H groups in total. The summed E-state index contributed by atoms with van der Waals surface area (Å²) in [5.74, 6) is 1.64. The lowest BCUT2D eigenvalue weighted by Crippen LogP contribution is -2.45. The molecule has 4 rings (SSSR count). The molecule has 2 aromatic carbocycles. The third-order valence-electron chi connectivity index (χ3n) is 7.45. The SMILES string of the molecule is C[C@H]1C(C(=O)NC[C@H](Cc2ccc(O)cc2)N(C)CC2CC2)[C@]1(C)c1ccccc1. The van der Waals surface area contributed by atoms with E-state index in [1.54, 1.807) is 12.1 Å². The van der Waals surface area contributed by atoms with E-state index in [9.17, 15) is 9.90 Å². The lowest BCUT2D eigenvalue weighted by atomic mass is 9.94. The van der Waals surface area contributed by atoms with Crippen molar-refractivity contribution in [2.45, 2.75) is 44.6 Å². The van der Waals surface area contributed by atoms with Gasteiger partial charge in [-0.25, -0.2) is 0 Å². The first-order valence-corrected chi connectivity index (χ1v) is 11.2. The van der Waals surface area contributed by atoms with Crippen LogP contribution in [0.5, 0.6) is 5.75 Å². The molecule has 160 valence electrons. The van der Waals surface area contributed by atoms with Gasteiger partial charge in [-0.05, 0) is 61.4 Å². The molecule has 2 aromatic rings. The number of phenolic OH excluding ortho intramolecular Hbond substituents is 1. The number of nitrogens with one attached hydrogen (secondary N) is 1. The topological polar surface area (TPSA) is 52.6 Å². The summed E-state index contributed by atoms with van der Waals surface area (Å²) in [6, 6.07) is 18.1. The van der Waals surface area contributed by atoms with Crippen LogP contribution in [0.25, 0.3) is 0 Å². The lowest BCUT2D eigenvalue weighted by molar-refractivity contribution is -0.123. The highest BCUT2D eigenvalue weighted by molar-refractivity contribution is 5.85. The summed E-state index contributed by atoms with van der Waals surface area (Å²) in [6.07, 6.45) is 3.50. The van der Waals surface area contributed by atoms with E-state index in [-0.39, 0.29) is 29.0 Å². The number of likely N-dealkylation sites (N-methyl/N-ethyl adjacent to an activating group) is 1. The van der Waals surface area contributed by atoms with E-state index in [4.69, 9.17) is 0 Å². The maximum Gasteiger partial charge on any atom is 0.224 e. The summed E-state index contributed by atoms with van der Waals surface area (Å²) in [6.45, 7) is 6.13. The molecule has 0 heterocycles. The van der Waals surface area contributed by atoms with Crippen LogP contribution in [-0.2, 0) is 16.6 Å². The third kappa shape index (κ3) is 4.39. The second kappa shape index (κ2) is 8.43. The van der Waals surface area contributed by atoms with Gasteiger partial charge in [-0.1, -0.05) is 56.3 Å². The molecule has 2 saturated carbocycles. The van der Waals surface area contributed by atoms with Crippen molar-refractivity contribution in [1.29, 1.82) is 0 Å². The smallest absolute Gasteiger partial charge is 0.224 e. The first kappa shape index (κ1) is 20.9. The summed E-state index contributed by atoms with van der Waals surface area (Å²) in [4.78, 5) is 15.5. The summed E-state index contributed by atoms with van der Waals surface area (Å²) >= 11 is 0. The lowest BCUT2D eigenvalue weighted by Gasteiger charge is -2.29. The Balaban J connectivity index is 1.40. The van der Waals surface area contributed by atoms with Crippen molar-refractivity contribution < 1.29 is 9.90 Å². The van der Waals surface area contributed by atoms with Gasteiger partial charge in [-0.3, -0.25) is 4.79 Å². The third-order valence-corrected chi connectivity index (χ3v) is 7.45. The van der Waals surface area contributed by atoms with Crippen LogP contribution >= 0.6 is 0 Å². The fourth-order valence-corrected chi connectivity index (χ4v) is 4.94. The predicted molar refractivity (Wildman–Crippen MR) is 120 cm³/mol. The Labute approximate surface area is 180 Å². The van der Waals surface area contributed by atoms with Crippen molar-refractivity contribution in [3.8, 4) is 5.75 Å². The summed E-state index contributed by atoms with van der Waals surface area (Å²) in [5.41, 5.74) is 2.37. The molecular formula is C26H34N2O2. The molecule has 0 spiro atoms. The zero-order chi connectivity index (χ0) is 21.3. The summed E-state index contributed by atoms with van der Waals surface area (Å²) in [5, 5.41) is 12.8. The van der Waals surface area contributed by atoms with Crippen LogP contribution in [0.1, 0.15) is 37.8 Å². The van der Waals surface area contributed by atoms with Crippen molar-refractivity contribution in [2.75, 3.05) is 20.1 Å². The van der Waals surface area contributed by atoms with Crippen molar-refractivity contribution >= 4 is 5.91 Å². The molecular weight excluding hydrogens is 372 g/mol. The molecule has 4 atom stereocenters. The minimum absolute atomic E-state index is 0.0305. The average molecular weight is 407 g/mol. The number of benzene rings is 2. The molecule has 2 fully saturated rings. The van der Waals surface area contributed by atoms with E-state index in [1.807, 2.05) is 18.2 Å². The largest absolute Gasteiger partial charge is 0.508 e. The molecule has 0 bridgehead atoms. The zero-order valence-corrected chi connectivity index (χ0v) is 18.3. The maximum absolute atomic E-state index is 13.1. The van der Waals surface area contributed by atoms with Crippen LogP contribution in [0.2, 0.25) is 0 Å². The van der Waals surface area contributed by atoms with Crippen molar-refractivity contribution in [3.63, 3.8) is 0 Å². The molecule has 0 aliphatic heterocycles. The quantitative estimate of drug-likeness (QED) is 0.662. The minimum Gasteiger partial charge on any atom is -0.508 e. The highest BCUT2D eigenvalue weighted by Crippen LogP contribution is 2.59. The Bertz CT molecular complexity index is 862. The Hall–Kier alpha value is -2.33. The van der Waals surface area contributed by atoms with E-state index < -0.39 is 0 Å². The van der Waals surface area contributed by atoms with Crippen molar-refractivity contribution in [3.05, 3.63) is 65.7 Å². The second-order valence-electron chi connectivity index (χ2n) is 9.57. The number of hydrogen-bond donors (Lipinski definition) is 2. The van der Waals surface area contributed by atoms with Gasteiger partial charge in [0.05, 0.1) is 5.92 Å². The minimum atomic E-state index is -0.0717. The number of rotatable bonds is 9. The number of phenols is 1. The van der Waals surface area contributed by atoms with Gasteiger partial charge in [0.15, 0.2) is 0 Å². The normalized spacial score (nSPS) is 26.4. The second-order valence-corrected chi connectivity index (χ2v) is 9.57. The summed E-state index contributed by atoms with van der Waals surface area (Å²) in [7, 11) is 2.17. The highest BCUT2D eigenvalue weighted by atomic mass is 16.3. The molecule has 1 unspecified atom stereocenters. The fourth-order valence-electron chi connectivity index (χ4n) is 4.94. The molecule has 2 aliphatic carbocycles. The number of nitrogens with zero attached hydrogens (tertiary/aromatic N) is 1. The number of carbonyl (C=O) groups is 1. The van der Waals surface area contributed by atoms with Crippen molar-refractivity contribution in [1.82, 2.24) is 10.2 Å². The fraction of sp³-hybridized carbons (Fsp3) is 0.500. The number of aromatic hydroxyl groups is 1. The standard InChI is InChI=1S/C26H34N2O2/c1-18-24(26(18,2)21-7-5-4-6-8-21)25(30)27-16-22(28(3)17-20-9-10-20)15-19-11-13-23(29)14-12-19/h4-8,11-14,18,20,22,24,29H,9-10,15-17H2,1-3H3,(H,27,30)/t18-,22-,24?,26-/m0/s1. The van der Waals surface area contributed by atoms with Gasteiger partial charge in [-0.15, -0.1) is 0 Å². The monoisotopic (exact) mass is 406 g/mol. The Kier molecular flexibility index (Phi) is 5.88. The van der Waals surface area contributed by atoms with Gasteiger partial charge in [0.25, 0.3) is 0 Å². The van der Waals surface area contributed by atoms with E-state index in [2.05, 4.69) is 55.4 Å². The Morgan fingerprint density at radius 1 is 1.17 bits per heavy atom. The molecule has 0 saturated heterocycles. The predicted octanol–water partition coefficient (Wildman–Crippen LogP) is 3.99. The van der Waals surface area contributed by atoms with E-state index >= 15 is 0 Å². The van der Waals surface area contributed by atoms with E-state index in [1.165, 1.54) is 24.0 Å². The Morgan fingerprint density at radius 2 is 1.83 bits per heavy atom. The average Bonchev–Trinajstić information content (AvgIpc) is 3.65. The number of carbonyl (C=O) groups excluding carboxylic acids is 1. The van der Waals surface area contributed by atoms with Gasteiger partial charge in [0, 0.05) is 24.5 Å².